The molecule has 0 aromatic heterocycles. The van der Waals surface area contributed by atoms with Crippen LogP contribution in [0, 0.1) is 5.92 Å². The maximum atomic E-state index is 11.5. The summed E-state index contributed by atoms with van der Waals surface area (Å²) in [5.74, 6) is -0.613. The first-order valence-electron chi connectivity index (χ1n) is 5.80. The van der Waals surface area contributed by atoms with Crippen molar-refractivity contribution in [2.24, 2.45) is 5.92 Å². The lowest BCUT2D eigenvalue weighted by Gasteiger charge is -2.13. The van der Waals surface area contributed by atoms with Crippen LogP contribution in [0.25, 0.3) is 0 Å². The highest BCUT2D eigenvalue weighted by molar-refractivity contribution is 5.77. The van der Waals surface area contributed by atoms with Gasteiger partial charge in [0, 0.05) is 0 Å². The fraction of sp³-hybridized carbons (Fsp3) is 0.385. The Bertz CT molecular complexity index is 432. The summed E-state index contributed by atoms with van der Waals surface area (Å²) in [4.78, 5) is 22.7. The normalized spacial score (nSPS) is 22.4. The number of hydrogen-bond donors (Lipinski definition) is 1. The number of carbonyl (C=O) groups is 2. The number of ether oxygens (including phenoxy) is 2. The van der Waals surface area contributed by atoms with E-state index in [0.717, 1.165) is 5.56 Å². The van der Waals surface area contributed by atoms with Crippen molar-refractivity contribution in [3.63, 3.8) is 0 Å². The van der Waals surface area contributed by atoms with E-state index in [9.17, 15) is 9.59 Å². The van der Waals surface area contributed by atoms with Gasteiger partial charge in [-0.25, -0.2) is 4.79 Å². The summed E-state index contributed by atoms with van der Waals surface area (Å²) in [7, 11) is 0. The molecule has 5 heteroatoms. The summed E-state index contributed by atoms with van der Waals surface area (Å²) in [5.41, 5.74) is 0.916. The number of carbonyl (C=O) groups excluding carboxylic acids is 2. The fourth-order valence-electron chi connectivity index (χ4n) is 1.69. The van der Waals surface area contributed by atoms with Crippen LogP contribution in [0.15, 0.2) is 30.3 Å². The molecule has 0 spiro atoms. The molecule has 96 valence electrons. The highest BCUT2D eigenvalue weighted by Crippen LogP contribution is 2.14. The zero-order valence-corrected chi connectivity index (χ0v) is 10.1. The number of hydrogen-bond acceptors (Lipinski definition) is 4. The zero-order chi connectivity index (χ0) is 13.0. The lowest BCUT2D eigenvalue weighted by molar-refractivity contribution is -0.140. The highest BCUT2D eigenvalue weighted by atomic mass is 16.6. The molecule has 1 heterocycles. The third-order valence-electron chi connectivity index (χ3n) is 2.90. The van der Waals surface area contributed by atoms with Gasteiger partial charge in [-0.05, 0) is 12.5 Å². The minimum atomic E-state index is -0.533. The van der Waals surface area contributed by atoms with E-state index < -0.39 is 6.09 Å². The Morgan fingerprint density at radius 1 is 1.44 bits per heavy atom. The van der Waals surface area contributed by atoms with Gasteiger partial charge in [-0.15, -0.1) is 0 Å². The largest absolute Gasteiger partial charge is 0.463 e. The van der Waals surface area contributed by atoms with Gasteiger partial charge in [0.15, 0.2) is 0 Å². The lowest BCUT2D eigenvalue weighted by Crippen LogP contribution is -2.39. The molecule has 0 saturated carbocycles. The van der Waals surface area contributed by atoms with Gasteiger partial charge in [0.25, 0.3) is 0 Å². The Hall–Kier alpha value is -2.04. The van der Waals surface area contributed by atoms with Crippen molar-refractivity contribution in [2.45, 2.75) is 19.6 Å². The molecular formula is C13H15NO4. The van der Waals surface area contributed by atoms with Crippen LogP contribution in [0.3, 0.4) is 0 Å². The first-order chi connectivity index (χ1) is 8.66. The Balaban J connectivity index is 1.78. The number of alkyl carbamates (subject to hydrolysis) is 1. The molecule has 1 aromatic rings. The number of rotatable bonds is 3. The molecule has 1 N–H and O–H groups in total. The minimum Gasteiger partial charge on any atom is -0.463 e. The number of nitrogens with one attached hydrogen (secondary N) is 1. The van der Waals surface area contributed by atoms with Gasteiger partial charge in [-0.1, -0.05) is 30.3 Å². The molecular weight excluding hydrogens is 234 g/mol. The Morgan fingerprint density at radius 3 is 2.78 bits per heavy atom. The van der Waals surface area contributed by atoms with Crippen LogP contribution >= 0.6 is 0 Å². The van der Waals surface area contributed by atoms with Crippen molar-refractivity contribution < 1.29 is 19.1 Å². The van der Waals surface area contributed by atoms with Gasteiger partial charge in [0.2, 0.25) is 0 Å². The van der Waals surface area contributed by atoms with E-state index in [4.69, 9.17) is 9.47 Å². The molecule has 1 saturated heterocycles. The van der Waals surface area contributed by atoms with Crippen molar-refractivity contribution >= 4 is 12.1 Å². The predicted octanol–water partition coefficient (Wildman–Crippen LogP) is 1.47. The van der Waals surface area contributed by atoms with Crippen LogP contribution in [0.2, 0.25) is 0 Å². The topological polar surface area (TPSA) is 64.6 Å². The van der Waals surface area contributed by atoms with E-state index in [1.165, 1.54) is 0 Å². The zero-order valence-electron chi connectivity index (χ0n) is 10.1. The number of benzene rings is 1. The molecule has 1 aliphatic rings. The molecule has 18 heavy (non-hydrogen) atoms. The standard InChI is InChI=1S/C13H15NO4/c1-9-11(8-17-12(9)15)14-13(16)18-7-10-5-3-2-4-6-10/h2-6,9,11H,7-8H2,1H3,(H,14,16)/t9-,11+/m0/s1. The van der Waals surface area contributed by atoms with Crippen molar-refractivity contribution in [3.8, 4) is 0 Å². The Labute approximate surface area is 105 Å². The van der Waals surface area contributed by atoms with Gasteiger partial charge < -0.3 is 14.8 Å². The van der Waals surface area contributed by atoms with Crippen molar-refractivity contribution in [3.05, 3.63) is 35.9 Å². The summed E-state index contributed by atoms with van der Waals surface area (Å²) in [6.07, 6.45) is -0.533. The maximum Gasteiger partial charge on any atom is 0.407 e. The molecule has 2 atom stereocenters. The third kappa shape index (κ3) is 3.00. The summed E-state index contributed by atoms with van der Waals surface area (Å²) < 4.78 is 9.89. The summed E-state index contributed by atoms with van der Waals surface area (Å²) >= 11 is 0. The fourth-order valence-corrected chi connectivity index (χ4v) is 1.69. The van der Waals surface area contributed by atoms with Crippen molar-refractivity contribution in [1.29, 1.82) is 0 Å². The summed E-state index contributed by atoms with van der Waals surface area (Å²) in [5, 5.41) is 2.62. The van der Waals surface area contributed by atoms with Gasteiger partial charge >= 0.3 is 12.1 Å². The van der Waals surface area contributed by atoms with E-state index in [2.05, 4.69) is 5.32 Å². The van der Waals surface area contributed by atoms with Crippen molar-refractivity contribution in [1.82, 2.24) is 5.32 Å². The average Bonchev–Trinajstić information content (AvgIpc) is 2.70. The molecule has 1 aromatic carbocycles. The van der Waals surface area contributed by atoms with E-state index in [-0.39, 0.29) is 31.1 Å². The van der Waals surface area contributed by atoms with Crippen LogP contribution < -0.4 is 5.32 Å². The summed E-state index contributed by atoms with van der Waals surface area (Å²) in [6, 6.07) is 9.09. The molecule has 0 aliphatic carbocycles. The number of cyclic esters (lactones) is 1. The minimum absolute atomic E-state index is 0.209. The number of esters is 1. The van der Waals surface area contributed by atoms with E-state index in [1.807, 2.05) is 30.3 Å². The van der Waals surface area contributed by atoms with Crippen LogP contribution in [0.5, 0.6) is 0 Å². The SMILES string of the molecule is C[C@@H]1C(=O)OC[C@H]1NC(=O)OCc1ccccc1. The molecule has 2 rings (SSSR count). The molecule has 1 aliphatic heterocycles. The third-order valence-corrected chi connectivity index (χ3v) is 2.90. The smallest absolute Gasteiger partial charge is 0.407 e. The molecule has 1 fully saturated rings. The molecule has 5 nitrogen and oxygen atoms in total. The number of amides is 1. The molecule has 0 radical (unpaired) electrons. The first-order valence-corrected chi connectivity index (χ1v) is 5.80. The quantitative estimate of drug-likeness (QED) is 0.824. The predicted molar refractivity (Wildman–Crippen MR) is 63.7 cm³/mol. The van der Waals surface area contributed by atoms with Gasteiger partial charge in [0.1, 0.15) is 13.2 Å². The van der Waals surface area contributed by atoms with Gasteiger partial charge in [-0.3, -0.25) is 4.79 Å². The Kier molecular flexibility index (Phi) is 3.82. The molecule has 1 amide bonds. The van der Waals surface area contributed by atoms with E-state index in [1.54, 1.807) is 6.92 Å². The molecule has 0 bridgehead atoms. The van der Waals surface area contributed by atoms with Crippen LogP contribution in [0.4, 0.5) is 4.79 Å². The molecule has 0 unspecified atom stereocenters. The average molecular weight is 249 g/mol. The lowest BCUT2D eigenvalue weighted by atomic mass is 10.1. The highest BCUT2D eigenvalue weighted by Gasteiger charge is 2.34. The second-order valence-electron chi connectivity index (χ2n) is 4.23. The first kappa shape index (κ1) is 12.4. The van der Waals surface area contributed by atoms with E-state index >= 15 is 0 Å². The van der Waals surface area contributed by atoms with Crippen LogP contribution in [0.1, 0.15) is 12.5 Å². The van der Waals surface area contributed by atoms with Crippen molar-refractivity contribution in [2.75, 3.05) is 6.61 Å². The van der Waals surface area contributed by atoms with Gasteiger partial charge in [-0.2, -0.15) is 0 Å². The second kappa shape index (κ2) is 5.53. The van der Waals surface area contributed by atoms with Gasteiger partial charge in [0.05, 0.1) is 12.0 Å². The van der Waals surface area contributed by atoms with E-state index in [0.29, 0.717) is 0 Å². The van der Waals surface area contributed by atoms with Crippen LogP contribution in [-0.4, -0.2) is 24.7 Å². The maximum absolute atomic E-state index is 11.5. The second-order valence-corrected chi connectivity index (χ2v) is 4.23. The Morgan fingerprint density at radius 2 is 2.17 bits per heavy atom. The van der Waals surface area contributed by atoms with Crippen LogP contribution in [-0.2, 0) is 20.9 Å². The summed E-state index contributed by atoms with van der Waals surface area (Å²) in [6.45, 7) is 2.14. The monoisotopic (exact) mass is 249 g/mol.